The van der Waals surface area contributed by atoms with Crippen molar-refractivity contribution in [1.82, 2.24) is 20.9 Å². The minimum atomic E-state index is -1.02. The topological polar surface area (TPSA) is 134 Å². The third kappa shape index (κ3) is 9.72. The molecular weight excluding hydrogens is 584 g/mol. The number of rotatable bonds is 13. The average molecular weight is 635 g/mol. The lowest BCUT2D eigenvalue weighted by molar-refractivity contribution is -0.158. The Morgan fingerprint density at radius 3 is 2.02 bits per heavy atom. The van der Waals surface area contributed by atoms with Gasteiger partial charge in [0.15, 0.2) is 0 Å². The molecular formula is C36H50N4O6. The second-order valence-corrected chi connectivity index (χ2v) is 14.4. The van der Waals surface area contributed by atoms with Crippen LogP contribution in [0, 0.1) is 5.92 Å². The number of carbonyl (C=O) groups is 5. The fourth-order valence-electron chi connectivity index (χ4n) is 5.33. The molecule has 0 fully saturated rings. The molecule has 3 atom stereocenters. The Morgan fingerprint density at radius 2 is 1.46 bits per heavy atom. The first kappa shape index (κ1) is 36.4. The second-order valence-electron chi connectivity index (χ2n) is 14.4. The summed E-state index contributed by atoms with van der Waals surface area (Å²) in [5, 5.41) is 8.66. The van der Waals surface area contributed by atoms with E-state index >= 15 is 0 Å². The average Bonchev–Trinajstić information content (AvgIpc) is 3.20. The van der Waals surface area contributed by atoms with Gasteiger partial charge >= 0.3 is 5.97 Å². The molecule has 0 spiro atoms. The van der Waals surface area contributed by atoms with Crippen molar-refractivity contribution >= 4 is 29.6 Å². The summed E-state index contributed by atoms with van der Waals surface area (Å²) >= 11 is 0. The van der Waals surface area contributed by atoms with Crippen molar-refractivity contribution in [3.63, 3.8) is 0 Å². The van der Waals surface area contributed by atoms with E-state index in [1.54, 1.807) is 32.9 Å². The Labute approximate surface area is 273 Å². The van der Waals surface area contributed by atoms with Gasteiger partial charge in [0, 0.05) is 20.0 Å². The molecule has 3 N–H and O–H groups in total. The van der Waals surface area contributed by atoms with Crippen LogP contribution < -0.4 is 16.0 Å². The molecule has 3 rings (SSSR count). The minimum absolute atomic E-state index is 0.0251. The smallest absolute Gasteiger partial charge is 0.323 e. The van der Waals surface area contributed by atoms with Crippen LogP contribution in [0.15, 0.2) is 48.5 Å². The van der Waals surface area contributed by atoms with Crippen molar-refractivity contribution in [3.8, 4) is 0 Å². The van der Waals surface area contributed by atoms with Gasteiger partial charge in [0.25, 0.3) is 11.8 Å². The summed E-state index contributed by atoms with van der Waals surface area (Å²) in [6.07, 6.45) is 0.670. The van der Waals surface area contributed by atoms with E-state index in [2.05, 4.69) is 16.0 Å². The van der Waals surface area contributed by atoms with Crippen molar-refractivity contribution in [3.05, 3.63) is 70.8 Å². The van der Waals surface area contributed by atoms with Crippen LogP contribution in [0.1, 0.15) is 100 Å². The van der Waals surface area contributed by atoms with Crippen LogP contribution in [0.2, 0.25) is 0 Å². The minimum Gasteiger partial charge on any atom is -0.459 e. The highest BCUT2D eigenvalue weighted by Crippen LogP contribution is 2.30. The molecule has 0 saturated carbocycles. The molecule has 0 aliphatic carbocycles. The zero-order valence-electron chi connectivity index (χ0n) is 28.7. The van der Waals surface area contributed by atoms with Gasteiger partial charge in [-0.05, 0) is 68.2 Å². The first-order valence-corrected chi connectivity index (χ1v) is 16.0. The fraction of sp³-hybridized carbons (Fsp3) is 0.528. The van der Waals surface area contributed by atoms with Crippen LogP contribution in [-0.4, -0.2) is 71.8 Å². The largest absolute Gasteiger partial charge is 0.459 e. The quantitative estimate of drug-likeness (QED) is 0.223. The molecule has 250 valence electrons. The number of likely N-dealkylation sites (N-methyl/N-ethyl adjacent to an activating group) is 1. The van der Waals surface area contributed by atoms with Crippen LogP contribution >= 0.6 is 0 Å². The summed E-state index contributed by atoms with van der Waals surface area (Å²) in [5.74, 6) is -2.17. The van der Waals surface area contributed by atoms with Gasteiger partial charge in [-0.2, -0.15) is 0 Å². The molecule has 0 radical (unpaired) electrons. The van der Waals surface area contributed by atoms with Crippen LogP contribution in [0.4, 0.5) is 0 Å². The Morgan fingerprint density at radius 1 is 0.826 bits per heavy atom. The summed E-state index contributed by atoms with van der Waals surface area (Å²) in [5.41, 5.74) is 1.47. The van der Waals surface area contributed by atoms with E-state index in [0.29, 0.717) is 17.5 Å². The number of hydrogen-bond donors (Lipinski definition) is 3. The Hall–Kier alpha value is -4.05. The summed E-state index contributed by atoms with van der Waals surface area (Å²) in [7, 11) is 1.51. The number of hydrogen-bond acceptors (Lipinski definition) is 7. The Balaban J connectivity index is 1.84. The standard InChI is InChI=1S/C36H50N4O6/c1-22(2)19-28(31(42)39-29(30(41)37-9)20-23-13-11-10-12-14-23)38-27(34(45)46-36(6,7)8)17-18-40-32(43)25-16-15-24(35(3,4)5)21-26(25)33(40)44/h10-16,21-22,27-29,38H,17-20H2,1-9H3,(H,37,41)(H,39,42)/t27?,28-,29-/m0/s1. The van der Waals surface area contributed by atoms with Gasteiger partial charge in [0.05, 0.1) is 17.2 Å². The maximum absolute atomic E-state index is 13.7. The van der Waals surface area contributed by atoms with E-state index in [9.17, 15) is 24.0 Å². The van der Waals surface area contributed by atoms with E-state index in [-0.39, 0.29) is 36.6 Å². The molecule has 46 heavy (non-hydrogen) atoms. The molecule has 1 unspecified atom stereocenters. The highest BCUT2D eigenvalue weighted by molar-refractivity contribution is 6.21. The van der Waals surface area contributed by atoms with Crippen LogP contribution in [-0.2, 0) is 31.0 Å². The van der Waals surface area contributed by atoms with Gasteiger partial charge in [-0.25, -0.2) is 0 Å². The highest BCUT2D eigenvalue weighted by atomic mass is 16.6. The number of nitrogens with one attached hydrogen (secondary N) is 3. The number of amides is 4. The SMILES string of the molecule is CNC(=O)[C@H](Cc1ccccc1)NC(=O)[C@H](CC(C)C)NC(CCN1C(=O)c2ccc(C(C)(C)C)cc2C1=O)C(=O)OC(C)(C)C. The number of fused-ring (bicyclic) bond motifs is 1. The molecule has 10 heteroatoms. The van der Waals surface area contributed by atoms with Crippen molar-refractivity contribution < 1.29 is 28.7 Å². The van der Waals surface area contributed by atoms with Crippen molar-refractivity contribution in [2.24, 2.45) is 5.92 Å². The van der Waals surface area contributed by atoms with E-state index in [1.165, 1.54) is 7.05 Å². The number of imide groups is 1. The molecule has 0 saturated heterocycles. The monoisotopic (exact) mass is 634 g/mol. The van der Waals surface area contributed by atoms with Crippen molar-refractivity contribution in [1.29, 1.82) is 0 Å². The number of carbonyl (C=O) groups excluding carboxylic acids is 5. The first-order valence-electron chi connectivity index (χ1n) is 16.0. The summed E-state index contributed by atoms with van der Waals surface area (Å²) in [6, 6.07) is 12.0. The summed E-state index contributed by atoms with van der Waals surface area (Å²) in [4.78, 5) is 67.8. The molecule has 0 aromatic heterocycles. The third-order valence-corrected chi connectivity index (χ3v) is 7.76. The zero-order valence-corrected chi connectivity index (χ0v) is 28.7. The number of benzene rings is 2. The molecule has 0 bridgehead atoms. The lowest BCUT2D eigenvalue weighted by atomic mass is 9.85. The molecule has 1 aliphatic rings. The predicted octanol–water partition coefficient (Wildman–Crippen LogP) is 4.16. The number of ether oxygens (including phenoxy) is 1. The maximum atomic E-state index is 13.7. The summed E-state index contributed by atoms with van der Waals surface area (Å²) in [6.45, 7) is 15.2. The van der Waals surface area contributed by atoms with Crippen LogP contribution in [0.25, 0.3) is 0 Å². The highest BCUT2D eigenvalue weighted by Gasteiger charge is 2.38. The maximum Gasteiger partial charge on any atom is 0.323 e. The van der Waals surface area contributed by atoms with Gasteiger partial charge in [-0.1, -0.05) is 71.0 Å². The van der Waals surface area contributed by atoms with E-state index in [4.69, 9.17) is 4.74 Å². The van der Waals surface area contributed by atoms with E-state index < -0.39 is 47.4 Å². The van der Waals surface area contributed by atoms with Gasteiger partial charge in [0.2, 0.25) is 11.8 Å². The van der Waals surface area contributed by atoms with E-state index in [0.717, 1.165) is 16.0 Å². The first-order chi connectivity index (χ1) is 21.4. The lowest BCUT2D eigenvalue weighted by Crippen LogP contribution is -2.57. The van der Waals surface area contributed by atoms with Gasteiger partial charge in [-0.15, -0.1) is 0 Å². The Bertz CT molecular complexity index is 1420. The van der Waals surface area contributed by atoms with Crippen molar-refractivity contribution in [2.75, 3.05) is 13.6 Å². The molecule has 4 amide bonds. The van der Waals surface area contributed by atoms with Crippen LogP contribution in [0.5, 0.6) is 0 Å². The normalized spacial score (nSPS) is 15.3. The molecule has 2 aromatic rings. The van der Waals surface area contributed by atoms with Gasteiger partial charge in [0.1, 0.15) is 17.7 Å². The fourth-order valence-corrected chi connectivity index (χ4v) is 5.33. The second kappa shape index (κ2) is 15.0. The number of nitrogens with zero attached hydrogens (tertiary/aromatic N) is 1. The Kier molecular flexibility index (Phi) is 11.9. The van der Waals surface area contributed by atoms with Crippen molar-refractivity contribution in [2.45, 2.75) is 104 Å². The predicted molar refractivity (Wildman–Crippen MR) is 177 cm³/mol. The third-order valence-electron chi connectivity index (χ3n) is 7.76. The molecule has 1 heterocycles. The van der Waals surface area contributed by atoms with E-state index in [1.807, 2.05) is 71.0 Å². The molecule has 2 aromatic carbocycles. The molecule has 1 aliphatic heterocycles. The van der Waals surface area contributed by atoms with Gasteiger partial charge < -0.3 is 15.4 Å². The lowest BCUT2D eigenvalue weighted by Gasteiger charge is -2.30. The zero-order chi connectivity index (χ0) is 34.4. The van der Waals surface area contributed by atoms with Crippen LogP contribution in [0.3, 0.4) is 0 Å². The van der Waals surface area contributed by atoms with Gasteiger partial charge in [-0.3, -0.25) is 34.2 Å². The number of esters is 1. The molecule has 10 nitrogen and oxygen atoms in total. The summed E-state index contributed by atoms with van der Waals surface area (Å²) < 4.78 is 5.70.